The molecule has 0 radical (unpaired) electrons. The molecule has 27 heavy (non-hydrogen) atoms. The number of benzene rings is 2. The lowest BCUT2D eigenvalue weighted by Crippen LogP contribution is -2.37. The fraction of sp³-hybridized carbons (Fsp3) is 0.316. The molecule has 0 bridgehead atoms. The van der Waals surface area contributed by atoms with Gasteiger partial charge in [0.15, 0.2) is 5.75 Å². The van der Waals surface area contributed by atoms with E-state index in [4.69, 9.17) is 27.9 Å². The maximum atomic E-state index is 12.7. The van der Waals surface area contributed by atoms with Gasteiger partial charge in [-0.15, -0.1) is 0 Å². The van der Waals surface area contributed by atoms with Gasteiger partial charge in [0.25, 0.3) is 0 Å². The van der Waals surface area contributed by atoms with E-state index in [1.54, 1.807) is 12.1 Å². The van der Waals surface area contributed by atoms with Gasteiger partial charge >= 0.3 is 5.97 Å². The first kappa shape index (κ1) is 20.1. The number of hydrogen-bond donors (Lipinski definition) is 0. The highest BCUT2D eigenvalue weighted by molar-refractivity contribution is 7.89. The number of rotatable bonds is 4. The van der Waals surface area contributed by atoms with E-state index in [0.717, 1.165) is 12.8 Å². The molecule has 0 unspecified atom stereocenters. The van der Waals surface area contributed by atoms with Crippen LogP contribution in [0.1, 0.15) is 30.1 Å². The Morgan fingerprint density at radius 1 is 1.07 bits per heavy atom. The number of carbonyl (C=O) groups excluding carboxylic acids is 1. The predicted molar refractivity (Wildman–Crippen MR) is 105 cm³/mol. The Morgan fingerprint density at radius 2 is 1.70 bits per heavy atom. The summed E-state index contributed by atoms with van der Waals surface area (Å²) < 4.78 is 32.2. The lowest BCUT2D eigenvalue weighted by molar-refractivity contribution is 0.0734. The maximum absolute atomic E-state index is 12.7. The number of carbonyl (C=O) groups is 1. The van der Waals surface area contributed by atoms with E-state index >= 15 is 0 Å². The van der Waals surface area contributed by atoms with Crippen molar-refractivity contribution in [3.8, 4) is 5.75 Å². The van der Waals surface area contributed by atoms with Gasteiger partial charge in [0, 0.05) is 13.1 Å². The number of ether oxygens (including phenoxy) is 1. The molecule has 0 atom stereocenters. The number of esters is 1. The molecule has 1 fully saturated rings. The third-order valence-corrected chi connectivity index (χ3v) is 7.30. The van der Waals surface area contributed by atoms with Crippen molar-refractivity contribution in [1.82, 2.24) is 4.31 Å². The van der Waals surface area contributed by atoms with Gasteiger partial charge < -0.3 is 4.74 Å². The first-order valence-corrected chi connectivity index (χ1v) is 10.7. The summed E-state index contributed by atoms with van der Waals surface area (Å²) in [4.78, 5) is 12.5. The molecule has 1 heterocycles. The Morgan fingerprint density at radius 3 is 2.33 bits per heavy atom. The van der Waals surface area contributed by atoms with Gasteiger partial charge in [0.05, 0.1) is 15.5 Å². The van der Waals surface area contributed by atoms with Crippen molar-refractivity contribution >= 4 is 39.2 Å². The van der Waals surface area contributed by atoms with E-state index in [1.807, 2.05) is 0 Å². The molecular weight excluding hydrogens is 409 g/mol. The van der Waals surface area contributed by atoms with Crippen molar-refractivity contribution in [3.63, 3.8) is 0 Å². The van der Waals surface area contributed by atoms with Crippen LogP contribution in [0.15, 0.2) is 47.4 Å². The van der Waals surface area contributed by atoms with Crippen molar-refractivity contribution in [2.45, 2.75) is 24.7 Å². The van der Waals surface area contributed by atoms with E-state index in [1.165, 1.54) is 34.6 Å². The molecule has 144 valence electrons. The maximum Gasteiger partial charge on any atom is 0.343 e. The molecule has 1 saturated heterocycles. The zero-order valence-corrected chi connectivity index (χ0v) is 17.0. The second-order valence-electron chi connectivity index (χ2n) is 6.55. The van der Waals surface area contributed by atoms with Crippen LogP contribution in [-0.4, -0.2) is 31.8 Å². The van der Waals surface area contributed by atoms with Crippen LogP contribution >= 0.6 is 23.2 Å². The summed E-state index contributed by atoms with van der Waals surface area (Å²) in [6.45, 7) is 3.15. The molecule has 0 spiro atoms. The standard InChI is InChI=1S/C19H19Cl2NO4S/c1-13-9-11-22(12-10-13)27(24,25)15-7-5-14(6-8-15)19(23)26-17-4-2-3-16(20)18(17)21/h2-8,13H,9-12H2,1H3. The van der Waals surface area contributed by atoms with Crippen LogP contribution in [0.2, 0.25) is 10.0 Å². The summed E-state index contributed by atoms with van der Waals surface area (Å²) in [6, 6.07) is 10.4. The van der Waals surface area contributed by atoms with Gasteiger partial charge in [-0.1, -0.05) is 36.2 Å². The molecule has 8 heteroatoms. The molecule has 0 saturated carbocycles. The Bertz CT molecular complexity index is 937. The molecule has 2 aromatic rings. The number of sulfonamides is 1. The largest absolute Gasteiger partial charge is 0.421 e. The molecule has 5 nitrogen and oxygen atoms in total. The highest BCUT2D eigenvalue weighted by Gasteiger charge is 2.28. The zero-order valence-electron chi connectivity index (χ0n) is 14.7. The van der Waals surface area contributed by atoms with E-state index in [0.29, 0.717) is 19.0 Å². The first-order chi connectivity index (χ1) is 12.8. The van der Waals surface area contributed by atoms with Gasteiger partial charge in [0.2, 0.25) is 10.0 Å². The summed E-state index contributed by atoms with van der Waals surface area (Å²) in [6.07, 6.45) is 1.70. The van der Waals surface area contributed by atoms with Crippen LogP contribution in [0.5, 0.6) is 5.75 Å². The summed E-state index contributed by atoms with van der Waals surface area (Å²) in [5, 5.41) is 0.422. The molecule has 1 aliphatic rings. The molecule has 0 amide bonds. The molecule has 0 aromatic heterocycles. The topological polar surface area (TPSA) is 63.7 Å². The number of halogens is 2. The SMILES string of the molecule is CC1CCN(S(=O)(=O)c2ccc(C(=O)Oc3cccc(Cl)c3Cl)cc2)CC1. The van der Waals surface area contributed by atoms with E-state index in [9.17, 15) is 13.2 Å². The Hall–Kier alpha value is -1.60. The minimum absolute atomic E-state index is 0.144. The van der Waals surface area contributed by atoms with E-state index < -0.39 is 16.0 Å². The van der Waals surface area contributed by atoms with Crippen LogP contribution in [0.25, 0.3) is 0 Å². The van der Waals surface area contributed by atoms with Crippen LogP contribution in [-0.2, 0) is 10.0 Å². The minimum atomic E-state index is -3.56. The van der Waals surface area contributed by atoms with Gasteiger partial charge in [-0.05, 0) is 55.2 Å². The monoisotopic (exact) mass is 427 g/mol. The number of nitrogens with zero attached hydrogens (tertiary/aromatic N) is 1. The quantitative estimate of drug-likeness (QED) is 0.526. The third kappa shape index (κ3) is 4.46. The fourth-order valence-electron chi connectivity index (χ4n) is 2.86. The summed E-state index contributed by atoms with van der Waals surface area (Å²) in [7, 11) is -3.56. The molecule has 0 aliphatic carbocycles. The van der Waals surface area contributed by atoms with Crippen LogP contribution in [0.4, 0.5) is 0 Å². The lowest BCUT2D eigenvalue weighted by atomic mass is 10.0. The first-order valence-electron chi connectivity index (χ1n) is 8.55. The van der Waals surface area contributed by atoms with Crippen LogP contribution in [0.3, 0.4) is 0 Å². The highest BCUT2D eigenvalue weighted by Crippen LogP contribution is 2.32. The number of hydrogen-bond acceptors (Lipinski definition) is 4. The Kier molecular flexibility index (Phi) is 6.11. The average Bonchev–Trinajstić information content (AvgIpc) is 2.66. The Labute approximate surface area is 168 Å². The molecule has 1 aliphatic heterocycles. The zero-order chi connectivity index (χ0) is 19.6. The van der Waals surface area contributed by atoms with E-state index in [2.05, 4.69) is 6.92 Å². The van der Waals surface area contributed by atoms with Gasteiger partial charge in [-0.2, -0.15) is 4.31 Å². The van der Waals surface area contributed by atoms with Gasteiger partial charge in [-0.25, -0.2) is 13.2 Å². The third-order valence-electron chi connectivity index (χ3n) is 4.59. The van der Waals surface area contributed by atoms with Crippen molar-refractivity contribution in [2.24, 2.45) is 5.92 Å². The second kappa shape index (κ2) is 8.19. The van der Waals surface area contributed by atoms with Crippen molar-refractivity contribution in [3.05, 3.63) is 58.1 Å². The van der Waals surface area contributed by atoms with Crippen molar-refractivity contribution in [1.29, 1.82) is 0 Å². The van der Waals surface area contributed by atoms with Crippen molar-refractivity contribution < 1.29 is 17.9 Å². The lowest BCUT2D eigenvalue weighted by Gasteiger charge is -2.29. The van der Waals surface area contributed by atoms with Gasteiger partial charge in [0.1, 0.15) is 5.02 Å². The number of piperidine rings is 1. The predicted octanol–water partition coefficient (Wildman–Crippen LogP) is 4.63. The summed E-state index contributed by atoms with van der Waals surface area (Å²) in [5.74, 6) is 0.0372. The minimum Gasteiger partial charge on any atom is -0.421 e. The smallest absolute Gasteiger partial charge is 0.343 e. The van der Waals surface area contributed by atoms with Gasteiger partial charge in [-0.3, -0.25) is 0 Å². The van der Waals surface area contributed by atoms with Crippen LogP contribution in [0, 0.1) is 5.92 Å². The highest BCUT2D eigenvalue weighted by atomic mass is 35.5. The molecule has 2 aromatic carbocycles. The fourth-order valence-corrected chi connectivity index (χ4v) is 4.66. The Balaban J connectivity index is 1.74. The van der Waals surface area contributed by atoms with Crippen molar-refractivity contribution in [2.75, 3.05) is 13.1 Å². The average molecular weight is 428 g/mol. The second-order valence-corrected chi connectivity index (χ2v) is 9.28. The normalized spacial score (nSPS) is 16.3. The molecule has 0 N–H and O–H groups in total. The summed E-state index contributed by atoms with van der Waals surface area (Å²) in [5.41, 5.74) is 0.220. The van der Waals surface area contributed by atoms with Crippen LogP contribution < -0.4 is 4.74 Å². The van der Waals surface area contributed by atoms with E-state index in [-0.39, 0.29) is 26.3 Å². The summed E-state index contributed by atoms with van der Waals surface area (Å²) >= 11 is 11.9. The molecule has 3 rings (SSSR count). The molecular formula is C19H19Cl2NO4S.